The molecular formula is C14H16BrN3O2S. The van der Waals surface area contributed by atoms with E-state index in [4.69, 9.17) is 15.7 Å². The number of hydrogen-bond acceptors (Lipinski definition) is 5. The van der Waals surface area contributed by atoms with E-state index in [-0.39, 0.29) is 5.84 Å². The van der Waals surface area contributed by atoms with E-state index in [2.05, 4.69) is 32.5 Å². The fourth-order valence-corrected chi connectivity index (χ4v) is 3.13. The Labute approximate surface area is 135 Å². The number of ether oxygens (including phenoxy) is 1. The molecule has 0 fully saturated rings. The summed E-state index contributed by atoms with van der Waals surface area (Å²) < 4.78 is 6.75. The Morgan fingerprint density at radius 1 is 1.29 bits per heavy atom. The van der Waals surface area contributed by atoms with Crippen molar-refractivity contribution in [3.05, 3.63) is 50.6 Å². The van der Waals surface area contributed by atoms with Crippen molar-refractivity contribution in [1.82, 2.24) is 5.32 Å². The van der Waals surface area contributed by atoms with E-state index in [1.807, 2.05) is 6.07 Å². The van der Waals surface area contributed by atoms with Crippen LogP contribution in [-0.4, -0.2) is 24.2 Å². The summed E-state index contributed by atoms with van der Waals surface area (Å²) >= 11 is 5.16. The molecule has 1 aromatic carbocycles. The molecule has 0 aliphatic rings. The molecule has 1 heterocycles. The van der Waals surface area contributed by atoms with Crippen molar-refractivity contribution < 1.29 is 9.94 Å². The molecule has 5 nitrogen and oxygen atoms in total. The van der Waals surface area contributed by atoms with Crippen LogP contribution in [0.4, 0.5) is 0 Å². The quantitative estimate of drug-likeness (QED) is 0.230. The van der Waals surface area contributed by atoms with Gasteiger partial charge in [-0.1, -0.05) is 5.16 Å². The SMILES string of the molecule is NC(=NO)c1ccc(OCCNCc2ccc(Br)s2)cc1. The van der Waals surface area contributed by atoms with Crippen molar-refractivity contribution in [1.29, 1.82) is 0 Å². The number of amidine groups is 1. The second kappa shape index (κ2) is 8.02. The fraction of sp³-hybridized carbons (Fsp3) is 0.214. The van der Waals surface area contributed by atoms with Crippen molar-refractivity contribution >= 4 is 33.1 Å². The highest BCUT2D eigenvalue weighted by Crippen LogP contribution is 2.21. The maximum Gasteiger partial charge on any atom is 0.170 e. The van der Waals surface area contributed by atoms with Gasteiger partial charge in [0.2, 0.25) is 0 Å². The van der Waals surface area contributed by atoms with E-state index in [1.165, 1.54) is 4.88 Å². The van der Waals surface area contributed by atoms with E-state index in [0.717, 1.165) is 22.6 Å². The molecule has 2 rings (SSSR count). The summed E-state index contributed by atoms with van der Waals surface area (Å²) in [6, 6.07) is 11.2. The molecule has 2 aromatic rings. The first-order valence-electron chi connectivity index (χ1n) is 6.35. The van der Waals surface area contributed by atoms with Crippen molar-refractivity contribution in [2.24, 2.45) is 10.9 Å². The molecule has 0 saturated carbocycles. The van der Waals surface area contributed by atoms with Gasteiger partial charge in [0.15, 0.2) is 5.84 Å². The van der Waals surface area contributed by atoms with Crippen LogP contribution in [-0.2, 0) is 6.54 Å². The van der Waals surface area contributed by atoms with Gasteiger partial charge in [0.05, 0.1) is 3.79 Å². The Hall–Kier alpha value is -1.57. The smallest absolute Gasteiger partial charge is 0.170 e. The lowest BCUT2D eigenvalue weighted by Crippen LogP contribution is -2.20. The molecule has 21 heavy (non-hydrogen) atoms. The van der Waals surface area contributed by atoms with Crippen molar-refractivity contribution in [2.45, 2.75) is 6.54 Å². The summed E-state index contributed by atoms with van der Waals surface area (Å²) in [6.45, 7) is 2.18. The summed E-state index contributed by atoms with van der Waals surface area (Å²) in [7, 11) is 0. The highest BCUT2D eigenvalue weighted by molar-refractivity contribution is 9.11. The van der Waals surface area contributed by atoms with Gasteiger partial charge in [-0.05, 0) is 52.3 Å². The average Bonchev–Trinajstić information content (AvgIpc) is 2.92. The van der Waals surface area contributed by atoms with Gasteiger partial charge in [0.25, 0.3) is 0 Å². The third kappa shape index (κ3) is 5.04. The number of thiophene rings is 1. The molecule has 0 radical (unpaired) electrons. The molecule has 0 bridgehead atoms. The van der Waals surface area contributed by atoms with Crippen LogP contribution in [0.25, 0.3) is 0 Å². The minimum Gasteiger partial charge on any atom is -0.492 e. The summed E-state index contributed by atoms with van der Waals surface area (Å²) in [5.74, 6) is 0.843. The van der Waals surface area contributed by atoms with Gasteiger partial charge in [-0.3, -0.25) is 0 Å². The van der Waals surface area contributed by atoms with Gasteiger partial charge in [0, 0.05) is 23.5 Å². The van der Waals surface area contributed by atoms with Gasteiger partial charge in [-0.2, -0.15) is 0 Å². The molecule has 0 unspecified atom stereocenters. The van der Waals surface area contributed by atoms with Crippen LogP contribution in [0.2, 0.25) is 0 Å². The molecule has 0 saturated heterocycles. The molecule has 1 aromatic heterocycles. The number of nitrogens with one attached hydrogen (secondary N) is 1. The number of nitrogens with zero attached hydrogens (tertiary/aromatic N) is 1. The van der Waals surface area contributed by atoms with E-state index in [9.17, 15) is 0 Å². The monoisotopic (exact) mass is 369 g/mol. The predicted molar refractivity (Wildman–Crippen MR) is 88.2 cm³/mol. The normalized spacial score (nSPS) is 11.6. The van der Waals surface area contributed by atoms with Gasteiger partial charge in [0.1, 0.15) is 12.4 Å². The summed E-state index contributed by atoms with van der Waals surface area (Å²) in [5, 5.41) is 14.8. The Kier molecular flexibility index (Phi) is 6.04. The van der Waals surface area contributed by atoms with Crippen LogP contribution in [0.15, 0.2) is 45.3 Å². The zero-order chi connectivity index (χ0) is 15.1. The largest absolute Gasteiger partial charge is 0.492 e. The van der Waals surface area contributed by atoms with Crippen LogP contribution in [0, 0.1) is 0 Å². The Bertz CT molecular complexity index is 599. The molecule has 4 N–H and O–H groups in total. The lowest BCUT2D eigenvalue weighted by Gasteiger charge is -2.07. The number of benzene rings is 1. The lowest BCUT2D eigenvalue weighted by molar-refractivity contribution is 0.313. The van der Waals surface area contributed by atoms with E-state index in [1.54, 1.807) is 35.6 Å². The molecule has 7 heteroatoms. The zero-order valence-corrected chi connectivity index (χ0v) is 13.7. The van der Waals surface area contributed by atoms with E-state index < -0.39 is 0 Å². The zero-order valence-electron chi connectivity index (χ0n) is 11.3. The summed E-state index contributed by atoms with van der Waals surface area (Å²) in [6.07, 6.45) is 0. The Balaban J connectivity index is 1.69. The maximum absolute atomic E-state index is 8.57. The minimum absolute atomic E-state index is 0.0883. The highest BCUT2D eigenvalue weighted by Gasteiger charge is 2.00. The van der Waals surface area contributed by atoms with Crippen LogP contribution < -0.4 is 15.8 Å². The fourth-order valence-electron chi connectivity index (χ4n) is 1.68. The number of oxime groups is 1. The van der Waals surface area contributed by atoms with Crippen LogP contribution >= 0.6 is 27.3 Å². The van der Waals surface area contributed by atoms with Gasteiger partial charge >= 0.3 is 0 Å². The number of nitrogens with two attached hydrogens (primary N) is 1. The number of rotatable bonds is 7. The van der Waals surface area contributed by atoms with Gasteiger partial charge in [-0.25, -0.2) is 0 Å². The molecule has 0 spiro atoms. The van der Waals surface area contributed by atoms with Crippen LogP contribution in [0.1, 0.15) is 10.4 Å². The number of halogens is 1. The summed E-state index contributed by atoms with van der Waals surface area (Å²) in [4.78, 5) is 1.28. The van der Waals surface area contributed by atoms with Gasteiger partial charge < -0.3 is 21.0 Å². The Morgan fingerprint density at radius 3 is 2.67 bits per heavy atom. The lowest BCUT2D eigenvalue weighted by atomic mass is 10.2. The standard InChI is InChI=1S/C14H16BrN3O2S/c15-13-6-5-12(21-13)9-17-7-8-20-11-3-1-10(2-4-11)14(16)18-19/h1-6,17,19H,7-9H2,(H2,16,18). The average molecular weight is 370 g/mol. The topological polar surface area (TPSA) is 79.9 Å². The third-order valence-electron chi connectivity index (χ3n) is 2.73. The van der Waals surface area contributed by atoms with Crippen molar-refractivity contribution in [2.75, 3.05) is 13.2 Å². The molecule has 0 aliphatic carbocycles. The molecule has 112 valence electrons. The first kappa shape index (κ1) is 15.8. The van der Waals surface area contributed by atoms with Gasteiger partial charge in [-0.15, -0.1) is 11.3 Å². The third-order valence-corrected chi connectivity index (χ3v) is 4.36. The van der Waals surface area contributed by atoms with E-state index in [0.29, 0.717) is 12.2 Å². The first-order chi connectivity index (χ1) is 10.2. The highest BCUT2D eigenvalue weighted by atomic mass is 79.9. The summed E-state index contributed by atoms with van der Waals surface area (Å²) in [5.41, 5.74) is 6.15. The molecule has 0 aliphatic heterocycles. The predicted octanol–water partition coefficient (Wildman–Crippen LogP) is 2.77. The number of hydrogen-bond donors (Lipinski definition) is 3. The first-order valence-corrected chi connectivity index (χ1v) is 7.95. The maximum atomic E-state index is 8.57. The molecule has 0 amide bonds. The van der Waals surface area contributed by atoms with Crippen molar-refractivity contribution in [3.8, 4) is 5.75 Å². The second-order valence-corrected chi connectivity index (χ2v) is 6.79. The van der Waals surface area contributed by atoms with Crippen LogP contribution in [0.5, 0.6) is 5.75 Å². The molecule has 0 atom stereocenters. The Morgan fingerprint density at radius 2 is 2.05 bits per heavy atom. The second-order valence-electron chi connectivity index (χ2n) is 4.24. The minimum atomic E-state index is 0.0883. The van der Waals surface area contributed by atoms with Crippen LogP contribution in [0.3, 0.4) is 0 Å². The molecular weight excluding hydrogens is 354 g/mol. The van der Waals surface area contributed by atoms with E-state index >= 15 is 0 Å². The van der Waals surface area contributed by atoms with Crippen molar-refractivity contribution in [3.63, 3.8) is 0 Å².